The Hall–Kier alpha value is -1.71. The van der Waals surface area contributed by atoms with Crippen LogP contribution >= 0.6 is 0 Å². The molecule has 0 amide bonds. The Kier molecular flexibility index (Phi) is 4.66. The second-order valence-corrected chi connectivity index (χ2v) is 4.61. The molecular formula is C16H19FN2. The van der Waals surface area contributed by atoms with Gasteiger partial charge in [-0.15, -0.1) is 0 Å². The minimum atomic E-state index is -0.186. The lowest BCUT2D eigenvalue weighted by molar-refractivity contribution is 0.529. The van der Waals surface area contributed by atoms with Crippen LogP contribution in [0.5, 0.6) is 0 Å². The van der Waals surface area contributed by atoms with Gasteiger partial charge >= 0.3 is 0 Å². The second-order valence-electron chi connectivity index (χ2n) is 4.61. The normalized spacial score (nSPS) is 12.4. The van der Waals surface area contributed by atoms with Crippen LogP contribution in [0.4, 0.5) is 4.39 Å². The topological polar surface area (TPSA) is 38.0 Å². The number of benzene rings is 2. The standard InChI is InChI=1S/C16H19FN2/c1-2-12-6-5-8-14(10-12)16(19-18)11-13-7-3-4-9-15(13)17/h3-10,16,19H,2,11,18H2,1H3. The van der Waals surface area contributed by atoms with Crippen molar-refractivity contribution in [1.29, 1.82) is 0 Å². The van der Waals surface area contributed by atoms with Crippen molar-refractivity contribution in [2.45, 2.75) is 25.8 Å². The van der Waals surface area contributed by atoms with Gasteiger partial charge < -0.3 is 0 Å². The van der Waals surface area contributed by atoms with Gasteiger partial charge in [0.15, 0.2) is 0 Å². The second kappa shape index (κ2) is 6.45. The molecule has 0 heterocycles. The number of hydrogen-bond acceptors (Lipinski definition) is 2. The number of halogens is 1. The van der Waals surface area contributed by atoms with Crippen molar-refractivity contribution in [3.8, 4) is 0 Å². The molecule has 3 heteroatoms. The van der Waals surface area contributed by atoms with Crippen LogP contribution in [0.3, 0.4) is 0 Å². The van der Waals surface area contributed by atoms with Gasteiger partial charge in [-0.1, -0.05) is 49.4 Å². The quantitative estimate of drug-likeness (QED) is 0.638. The fourth-order valence-corrected chi connectivity index (χ4v) is 2.19. The monoisotopic (exact) mass is 258 g/mol. The van der Waals surface area contributed by atoms with Gasteiger partial charge in [-0.2, -0.15) is 0 Å². The van der Waals surface area contributed by atoms with E-state index in [1.807, 2.05) is 18.2 Å². The highest BCUT2D eigenvalue weighted by Gasteiger charge is 2.13. The summed E-state index contributed by atoms with van der Waals surface area (Å²) in [5.74, 6) is 5.44. The summed E-state index contributed by atoms with van der Waals surface area (Å²) in [5.41, 5.74) is 5.80. The smallest absolute Gasteiger partial charge is 0.126 e. The Morgan fingerprint density at radius 1 is 1.16 bits per heavy atom. The fourth-order valence-electron chi connectivity index (χ4n) is 2.19. The molecule has 0 fully saturated rings. The molecule has 0 saturated heterocycles. The van der Waals surface area contributed by atoms with Crippen LogP contribution < -0.4 is 11.3 Å². The predicted molar refractivity (Wildman–Crippen MR) is 76.0 cm³/mol. The Morgan fingerprint density at radius 3 is 2.63 bits per heavy atom. The number of hydrogen-bond donors (Lipinski definition) is 2. The summed E-state index contributed by atoms with van der Waals surface area (Å²) < 4.78 is 13.7. The zero-order chi connectivity index (χ0) is 13.7. The zero-order valence-corrected chi connectivity index (χ0v) is 11.1. The summed E-state index contributed by atoms with van der Waals surface area (Å²) in [6, 6.07) is 15.0. The number of nitrogens with one attached hydrogen (secondary N) is 1. The third-order valence-corrected chi connectivity index (χ3v) is 3.34. The van der Waals surface area contributed by atoms with E-state index in [9.17, 15) is 4.39 Å². The molecule has 0 aliphatic heterocycles. The lowest BCUT2D eigenvalue weighted by Gasteiger charge is -2.17. The average molecular weight is 258 g/mol. The summed E-state index contributed by atoms with van der Waals surface area (Å²) in [4.78, 5) is 0. The van der Waals surface area contributed by atoms with Crippen LogP contribution in [0.1, 0.15) is 29.7 Å². The molecule has 19 heavy (non-hydrogen) atoms. The molecule has 0 aliphatic rings. The van der Waals surface area contributed by atoms with Crippen LogP contribution in [-0.2, 0) is 12.8 Å². The molecule has 1 unspecified atom stereocenters. The molecule has 0 radical (unpaired) electrons. The summed E-state index contributed by atoms with van der Waals surface area (Å²) in [6.45, 7) is 2.11. The van der Waals surface area contributed by atoms with Crippen molar-refractivity contribution in [3.05, 3.63) is 71.0 Å². The minimum absolute atomic E-state index is 0.0802. The highest BCUT2D eigenvalue weighted by atomic mass is 19.1. The molecule has 100 valence electrons. The van der Waals surface area contributed by atoms with Gasteiger partial charge in [-0.3, -0.25) is 11.3 Å². The zero-order valence-electron chi connectivity index (χ0n) is 11.1. The maximum atomic E-state index is 13.7. The Morgan fingerprint density at radius 2 is 1.95 bits per heavy atom. The fraction of sp³-hybridized carbons (Fsp3) is 0.250. The molecule has 3 N–H and O–H groups in total. The van der Waals surface area contributed by atoms with Gasteiger partial charge in [0.25, 0.3) is 0 Å². The van der Waals surface area contributed by atoms with Crippen LogP contribution in [-0.4, -0.2) is 0 Å². The first-order chi connectivity index (χ1) is 9.24. The summed E-state index contributed by atoms with van der Waals surface area (Å²) in [5, 5.41) is 0. The van der Waals surface area contributed by atoms with E-state index < -0.39 is 0 Å². The summed E-state index contributed by atoms with van der Waals surface area (Å²) in [6.07, 6.45) is 1.52. The van der Waals surface area contributed by atoms with E-state index in [0.717, 1.165) is 12.0 Å². The highest BCUT2D eigenvalue weighted by molar-refractivity contribution is 5.28. The van der Waals surface area contributed by atoms with E-state index in [1.165, 1.54) is 11.6 Å². The number of nitrogens with two attached hydrogens (primary N) is 1. The van der Waals surface area contributed by atoms with E-state index >= 15 is 0 Å². The summed E-state index contributed by atoms with van der Waals surface area (Å²) >= 11 is 0. The third kappa shape index (κ3) is 3.40. The SMILES string of the molecule is CCc1cccc(C(Cc2ccccc2F)NN)c1. The first-order valence-corrected chi connectivity index (χ1v) is 6.53. The number of hydrazine groups is 1. The van der Waals surface area contributed by atoms with E-state index in [2.05, 4.69) is 24.5 Å². The molecular weight excluding hydrogens is 239 g/mol. The van der Waals surface area contributed by atoms with Crippen LogP contribution in [0.25, 0.3) is 0 Å². The summed E-state index contributed by atoms with van der Waals surface area (Å²) in [7, 11) is 0. The van der Waals surface area contributed by atoms with E-state index in [1.54, 1.807) is 12.1 Å². The van der Waals surface area contributed by atoms with Crippen molar-refractivity contribution in [2.24, 2.45) is 5.84 Å². The van der Waals surface area contributed by atoms with Crippen molar-refractivity contribution in [1.82, 2.24) is 5.43 Å². The average Bonchev–Trinajstić information content (AvgIpc) is 2.46. The highest BCUT2D eigenvalue weighted by Crippen LogP contribution is 2.20. The van der Waals surface area contributed by atoms with Gasteiger partial charge in [0.2, 0.25) is 0 Å². The molecule has 0 spiro atoms. The third-order valence-electron chi connectivity index (χ3n) is 3.34. The van der Waals surface area contributed by atoms with Crippen LogP contribution in [0.15, 0.2) is 48.5 Å². The van der Waals surface area contributed by atoms with E-state index in [-0.39, 0.29) is 11.9 Å². The Labute approximate surface area is 113 Å². The van der Waals surface area contributed by atoms with Gasteiger partial charge in [0.05, 0.1) is 6.04 Å². The minimum Gasteiger partial charge on any atom is -0.271 e. The van der Waals surface area contributed by atoms with Crippen molar-refractivity contribution < 1.29 is 4.39 Å². The van der Waals surface area contributed by atoms with Crippen molar-refractivity contribution in [3.63, 3.8) is 0 Å². The maximum Gasteiger partial charge on any atom is 0.126 e. The van der Waals surface area contributed by atoms with Gasteiger partial charge in [-0.05, 0) is 35.6 Å². The van der Waals surface area contributed by atoms with Gasteiger partial charge in [0.1, 0.15) is 5.82 Å². The van der Waals surface area contributed by atoms with E-state index in [4.69, 9.17) is 5.84 Å². The molecule has 0 aliphatic carbocycles. The molecule has 2 aromatic carbocycles. The molecule has 2 nitrogen and oxygen atoms in total. The molecule has 0 saturated carbocycles. The van der Waals surface area contributed by atoms with Crippen LogP contribution in [0, 0.1) is 5.82 Å². The molecule has 1 atom stereocenters. The van der Waals surface area contributed by atoms with Crippen molar-refractivity contribution >= 4 is 0 Å². The molecule has 2 rings (SSSR count). The van der Waals surface area contributed by atoms with Crippen molar-refractivity contribution in [2.75, 3.05) is 0 Å². The lowest BCUT2D eigenvalue weighted by atomic mass is 9.97. The van der Waals surface area contributed by atoms with Gasteiger partial charge in [-0.25, -0.2) is 4.39 Å². The van der Waals surface area contributed by atoms with E-state index in [0.29, 0.717) is 12.0 Å². The van der Waals surface area contributed by atoms with Crippen LogP contribution in [0.2, 0.25) is 0 Å². The van der Waals surface area contributed by atoms with Gasteiger partial charge in [0, 0.05) is 0 Å². The Balaban J connectivity index is 2.22. The molecule has 2 aromatic rings. The predicted octanol–water partition coefficient (Wildman–Crippen LogP) is 3.14. The number of rotatable bonds is 5. The number of aryl methyl sites for hydroxylation is 1. The maximum absolute atomic E-state index is 13.7. The first kappa shape index (κ1) is 13.7. The molecule has 0 aromatic heterocycles. The largest absolute Gasteiger partial charge is 0.271 e. The molecule has 0 bridgehead atoms. The lowest BCUT2D eigenvalue weighted by Crippen LogP contribution is -2.29. The first-order valence-electron chi connectivity index (χ1n) is 6.53. The Bertz CT molecular complexity index is 540.